The van der Waals surface area contributed by atoms with Crippen LogP contribution in [-0.4, -0.2) is 36.2 Å². The Hall–Kier alpha value is -1.95. The number of nitrogens with zero attached hydrogens (tertiary/aromatic N) is 4. The molecule has 0 aliphatic carbocycles. The molecule has 19 heavy (non-hydrogen) atoms. The molecule has 0 spiro atoms. The molecule has 1 saturated heterocycles. The van der Waals surface area contributed by atoms with Crippen molar-refractivity contribution in [1.82, 2.24) is 9.88 Å². The predicted octanol–water partition coefficient (Wildman–Crippen LogP) is 1.44. The van der Waals surface area contributed by atoms with E-state index in [1.165, 1.54) is 0 Å². The van der Waals surface area contributed by atoms with Crippen molar-refractivity contribution in [3.05, 3.63) is 30.1 Å². The van der Waals surface area contributed by atoms with Crippen molar-refractivity contribution in [2.75, 3.05) is 26.3 Å². The summed E-state index contributed by atoms with van der Waals surface area (Å²) in [6.07, 6.45) is 4.25. The summed E-state index contributed by atoms with van der Waals surface area (Å²) in [5, 5.41) is 18.6. The number of hydrogen-bond acceptors (Lipinski definition) is 5. The average Bonchev–Trinajstić information content (AvgIpc) is 2.51. The Labute approximate surface area is 113 Å². The lowest BCUT2D eigenvalue weighted by molar-refractivity contribution is -0.00756. The summed E-state index contributed by atoms with van der Waals surface area (Å²) in [5.74, 6) is 0. The Balaban J connectivity index is 2.36. The summed E-state index contributed by atoms with van der Waals surface area (Å²) in [6, 6.07) is 8.29. The van der Waals surface area contributed by atoms with Gasteiger partial charge in [0.05, 0.1) is 25.4 Å². The van der Waals surface area contributed by atoms with Crippen LogP contribution in [0.25, 0.3) is 0 Å². The van der Waals surface area contributed by atoms with Gasteiger partial charge in [-0.3, -0.25) is 9.88 Å². The van der Waals surface area contributed by atoms with Gasteiger partial charge in [0.1, 0.15) is 5.54 Å². The number of hydrogen-bond donors (Lipinski definition) is 0. The van der Waals surface area contributed by atoms with Crippen molar-refractivity contribution >= 4 is 0 Å². The van der Waals surface area contributed by atoms with Crippen LogP contribution >= 0.6 is 0 Å². The molecule has 2 rings (SSSR count). The van der Waals surface area contributed by atoms with Crippen LogP contribution in [0.4, 0.5) is 0 Å². The lowest BCUT2D eigenvalue weighted by Gasteiger charge is -2.40. The van der Waals surface area contributed by atoms with E-state index in [4.69, 9.17) is 10.00 Å². The van der Waals surface area contributed by atoms with Crippen molar-refractivity contribution in [2.45, 2.75) is 18.4 Å². The van der Waals surface area contributed by atoms with E-state index in [-0.39, 0.29) is 0 Å². The normalized spacial score (nSPS) is 19.1. The molecule has 5 nitrogen and oxygen atoms in total. The molecule has 1 aromatic heterocycles. The molecule has 0 N–H and O–H groups in total. The second-order valence-electron chi connectivity index (χ2n) is 4.47. The Bertz CT molecular complexity index is 484. The van der Waals surface area contributed by atoms with Crippen LogP contribution in [0.3, 0.4) is 0 Å². The SMILES string of the molecule is N#CCC[C@@](C#N)(c1cccnc1)N1CCOCC1. The maximum Gasteiger partial charge on any atom is 0.137 e. The van der Waals surface area contributed by atoms with Crippen LogP contribution in [0, 0.1) is 22.7 Å². The first-order valence-corrected chi connectivity index (χ1v) is 6.35. The van der Waals surface area contributed by atoms with Gasteiger partial charge in [0, 0.05) is 37.5 Å². The van der Waals surface area contributed by atoms with Gasteiger partial charge in [-0.25, -0.2) is 0 Å². The average molecular weight is 256 g/mol. The zero-order valence-corrected chi connectivity index (χ0v) is 10.7. The second kappa shape index (κ2) is 6.29. The van der Waals surface area contributed by atoms with Crippen molar-refractivity contribution < 1.29 is 4.74 Å². The minimum atomic E-state index is -0.770. The molecule has 1 aromatic rings. The van der Waals surface area contributed by atoms with E-state index < -0.39 is 5.54 Å². The highest BCUT2D eigenvalue weighted by Gasteiger charge is 2.39. The molecule has 1 fully saturated rings. The molecular formula is C14H16N4O. The molecule has 0 amide bonds. The van der Waals surface area contributed by atoms with Crippen LogP contribution in [0.15, 0.2) is 24.5 Å². The molecule has 98 valence electrons. The van der Waals surface area contributed by atoms with Crippen molar-refractivity contribution in [1.29, 1.82) is 10.5 Å². The van der Waals surface area contributed by atoms with Crippen molar-refractivity contribution in [3.63, 3.8) is 0 Å². The molecule has 1 atom stereocenters. The number of pyridine rings is 1. The van der Waals surface area contributed by atoms with E-state index in [9.17, 15) is 5.26 Å². The Morgan fingerprint density at radius 3 is 2.74 bits per heavy atom. The molecule has 0 radical (unpaired) electrons. The monoisotopic (exact) mass is 256 g/mol. The van der Waals surface area contributed by atoms with Gasteiger partial charge < -0.3 is 4.74 Å². The lowest BCUT2D eigenvalue weighted by atomic mass is 9.85. The third-order valence-electron chi connectivity index (χ3n) is 3.47. The highest BCUT2D eigenvalue weighted by atomic mass is 16.5. The Kier molecular flexibility index (Phi) is 4.46. The lowest BCUT2D eigenvalue weighted by Crippen LogP contribution is -2.50. The fourth-order valence-electron chi connectivity index (χ4n) is 2.47. The van der Waals surface area contributed by atoms with E-state index in [0.717, 1.165) is 5.56 Å². The number of rotatable bonds is 4. The van der Waals surface area contributed by atoms with Crippen molar-refractivity contribution in [3.8, 4) is 12.1 Å². The van der Waals surface area contributed by atoms with E-state index >= 15 is 0 Å². The smallest absolute Gasteiger partial charge is 0.137 e. The first-order chi connectivity index (χ1) is 9.33. The summed E-state index contributed by atoms with van der Waals surface area (Å²) in [5.41, 5.74) is 0.0861. The molecule has 1 aliphatic heterocycles. The van der Waals surface area contributed by atoms with Gasteiger partial charge >= 0.3 is 0 Å². The number of nitriles is 2. The van der Waals surface area contributed by atoms with E-state index in [1.807, 2.05) is 12.1 Å². The van der Waals surface area contributed by atoms with Crippen LogP contribution < -0.4 is 0 Å². The predicted molar refractivity (Wildman–Crippen MR) is 68.8 cm³/mol. The molecule has 0 saturated carbocycles. The minimum Gasteiger partial charge on any atom is -0.379 e. The molecular weight excluding hydrogens is 240 g/mol. The first-order valence-electron chi connectivity index (χ1n) is 6.35. The number of aromatic nitrogens is 1. The molecule has 1 aliphatic rings. The molecule has 0 aromatic carbocycles. The minimum absolute atomic E-state index is 0.347. The molecule has 2 heterocycles. The molecule has 5 heteroatoms. The largest absolute Gasteiger partial charge is 0.379 e. The van der Waals surface area contributed by atoms with Gasteiger partial charge in [-0.05, 0) is 12.5 Å². The van der Waals surface area contributed by atoms with E-state index in [2.05, 4.69) is 22.0 Å². The van der Waals surface area contributed by atoms with Gasteiger partial charge in [0.25, 0.3) is 0 Å². The number of morpholine rings is 1. The van der Waals surface area contributed by atoms with Crippen molar-refractivity contribution in [2.24, 2.45) is 0 Å². The summed E-state index contributed by atoms with van der Waals surface area (Å²) in [4.78, 5) is 6.21. The van der Waals surface area contributed by atoms with E-state index in [1.54, 1.807) is 12.4 Å². The van der Waals surface area contributed by atoms with Gasteiger partial charge in [0.2, 0.25) is 0 Å². The summed E-state index contributed by atoms with van der Waals surface area (Å²) in [7, 11) is 0. The molecule has 0 unspecified atom stereocenters. The van der Waals surface area contributed by atoms with Crippen LogP contribution in [0.1, 0.15) is 18.4 Å². The van der Waals surface area contributed by atoms with Gasteiger partial charge in [0.15, 0.2) is 0 Å². The van der Waals surface area contributed by atoms with Crippen LogP contribution in [-0.2, 0) is 10.3 Å². The van der Waals surface area contributed by atoms with Gasteiger partial charge in [-0.15, -0.1) is 0 Å². The first kappa shape index (κ1) is 13.5. The van der Waals surface area contributed by atoms with Gasteiger partial charge in [-0.2, -0.15) is 10.5 Å². The maximum absolute atomic E-state index is 9.74. The Morgan fingerprint density at radius 2 is 2.16 bits per heavy atom. The van der Waals surface area contributed by atoms with Crippen LogP contribution in [0.2, 0.25) is 0 Å². The zero-order valence-electron chi connectivity index (χ0n) is 10.7. The summed E-state index contributed by atoms with van der Waals surface area (Å²) < 4.78 is 5.35. The Morgan fingerprint density at radius 1 is 1.37 bits per heavy atom. The van der Waals surface area contributed by atoms with E-state index in [0.29, 0.717) is 39.1 Å². The quantitative estimate of drug-likeness (QED) is 0.815. The maximum atomic E-state index is 9.74. The zero-order chi connectivity index (χ0) is 13.6. The highest BCUT2D eigenvalue weighted by molar-refractivity contribution is 5.29. The highest BCUT2D eigenvalue weighted by Crippen LogP contribution is 2.33. The standard InChI is InChI=1S/C14H16N4O/c15-5-2-4-14(12-16,13-3-1-6-17-11-13)18-7-9-19-10-8-18/h1,3,6,11H,2,4,7-10H2/t14-/m1/s1. The fourth-order valence-corrected chi connectivity index (χ4v) is 2.47. The fraction of sp³-hybridized carbons (Fsp3) is 0.500. The summed E-state index contributed by atoms with van der Waals surface area (Å²) in [6.45, 7) is 2.65. The van der Waals surface area contributed by atoms with Crippen LogP contribution in [0.5, 0.6) is 0 Å². The third kappa shape index (κ3) is 2.73. The summed E-state index contributed by atoms with van der Waals surface area (Å²) >= 11 is 0. The second-order valence-corrected chi connectivity index (χ2v) is 4.47. The van der Waals surface area contributed by atoms with Gasteiger partial charge in [-0.1, -0.05) is 6.07 Å². The topological polar surface area (TPSA) is 72.9 Å². The molecule has 0 bridgehead atoms. The third-order valence-corrected chi connectivity index (χ3v) is 3.47. The number of ether oxygens (including phenoxy) is 1.